The molecule has 0 aromatic heterocycles. The Morgan fingerprint density at radius 3 is 2.70 bits per heavy atom. The molecule has 0 saturated heterocycles. The summed E-state index contributed by atoms with van der Waals surface area (Å²) in [6, 6.07) is 13.7. The van der Waals surface area contributed by atoms with E-state index < -0.39 is 6.10 Å². The molecule has 20 heavy (non-hydrogen) atoms. The van der Waals surface area contributed by atoms with Crippen LogP contribution in [0.25, 0.3) is 0 Å². The normalized spacial score (nSPS) is 12.2. The van der Waals surface area contributed by atoms with Gasteiger partial charge in [-0.25, -0.2) is 0 Å². The second-order valence-corrected chi connectivity index (χ2v) is 5.34. The van der Waals surface area contributed by atoms with Gasteiger partial charge in [0.25, 0.3) is 0 Å². The minimum atomic E-state index is -0.512. The van der Waals surface area contributed by atoms with E-state index in [9.17, 15) is 5.11 Å². The summed E-state index contributed by atoms with van der Waals surface area (Å²) in [5.74, 6) is 0.596. The van der Waals surface area contributed by atoms with Gasteiger partial charge in [-0.05, 0) is 43.0 Å². The summed E-state index contributed by atoms with van der Waals surface area (Å²) in [4.78, 5) is 0. The van der Waals surface area contributed by atoms with Gasteiger partial charge in [0.1, 0.15) is 5.75 Å². The molecule has 0 radical (unpaired) electrons. The van der Waals surface area contributed by atoms with Crippen molar-refractivity contribution in [2.24, 2.45) is 0 Å². The highest BCUT2D eigenvalue weighted by Crippen LogP contribution is 2.29. The molecule has 2 aromatic rings. The van der Waals surface area contributed by atoms with Gasteiger partial charge in [-0.1, -0.05) is 47.5 Å². The van der Waals surface area contributed by atoms with Crippen LogP contribution in [0, 0.1) is 6.92 Å². The van der Waals surface area contributed by atoms with E-state index in [0.717, 1.165) is 12.0 Å². The Bertz CT molecular complexity index is 581. The number of benzene rings is 2. The van der Waals surface area contributed by atoms with Gasteiger partial charge in [-0.3, -0.25) is 0 Å². The number of ether oxygens (including phenoxy) is 1. The van der Waals surface area contributed by atoms with E-state index in [1.165, 1.54) is 11.1 Å². The van der Waals surface area contributed by atoms with Crippen molar-refractivity contribution in [1.82, 2.24) is 0 Å². The lowest BCUT2D eigenvalue weighted by Gasteiger charge is -2.13. The van der Waals surface area contributed by atoms with Gasteiger partial charge in [0.2, 0.25) is 0 Å². The van der Waals surface area contributed by atoms with E-state index >= 15 is 0 Å². The summed E-state index contributed by atoms with van der Waals surface area (Å²) in [7, 11) is 1.57. The van der Waals surface area contributed by atoms with Crippen LogP contribution >= 0.6 is 11.6 Å². The van der Waals surface area contributed by atoms with Gasteiger partial charge in [0.15, 0.2) is 0 Å². The number of rotatable bonds is 5. The van der Waals surface area contributed by atoms with E-state index in [0.29, 0.717) is 17.2 Å². The molecule has 3 heteroatoms. The topological polar surface area (TPSA) is 29.5 Å². The van der Waals surface area contributed by atoms with Crippen LogP contribution in [0.5, 0.6) is 5.75 Å². The maximum Gasteiger partial charge on any atom is 0.137 e. The number of hydrogen-bond donors (Lipinski definition) is 1. The molecular weight excluding hydrogens is 272 g/mol. The lowest BCUT2D eigenvalue weighted by Crippen LogP contribution is -2.00. The number of aliphatic hydroxyl groups is 1. The van der Waals surface area contributed by atoms with Crippen molar-refractivity contribution in [2.75, 3.05) is 7.11 Å². The molecule has 0 bridgehead atoms. The Balaban J connectivity index is 2.03. The van der Waals surface area contributed by atoms with Crippen LogP contribution in [0.1, 0.15) is 29.2 Å². The lowest BCUT2D eigenvalue weighted by molar-refractivity contribution is 0.167. The maximum atomic E-state index is 10.3. The van der Waals surface area contributed by atoms with Crippen LogP contribution in [0.2, 0.25) is 5.02 Å². The summed E-state index contributed by atoms with van der Waals surface area (Å²) < 4.78 is 5.17. The molecule has 0 heterocycles. The Morgan fingerprint density at radius 1 is 1.20 bits per heavy atom. The molecule has 106 valence electrons. The fourth-order valence-corrected chi connectivity index (χ4v) is 2.42. The zero-order valence-electron chi connectivity index (χ0n) is 11.8. The molecular formula is C17H19ClO2. The molecule has 0 aliphatic rings. The van der Waals surface area contributed by atoms with Crippen LogP contribution in [-0.4, -0.2) is 12.2 Å². The summed E-state index contributed by atoms with van der Waals surface area (Å²) in [6.07, 6.45) is 1.00. The molecule has 0 saturated carbocycles. The van der Waals surface area contributed by atoms with E-state index in [1.54, 1.807) is 19.2 Å². The van der Waals surface area contributed by atoms with Gasteiger partial charge in [-0.15, -0.1) is 0 Å². The van der Waals surface area contributed by atoms with E-state index in [1.807, 2.05) is 12.1 Å². The molecule has 2 aromatic carbocycles. The lowest BCUT2D eigenvalue weighted by atomic mass is 10.0. The Hall–Kier alpha value is -1.51. The number of methoxy groups -OCH3 is 1. The highest BCUT2D eigenvalue weighted by molar-refractivity contribution is 6.32. The van der Waals surface area contributed by atoms with Gasteiger partial charge < -0.3 is 9.84 Å². The molecule has 0 fully saturated rings. The van der Waals surface area contributed by atoms with Crippen LogP contribution in [0.4, 0.5) is 0 Å². The summed E-state index contributed by atoms with van der Waals surface area (Å²) in [6.45, 7) is 2.07. The van der Waals surface area contributed by atoms with Crippen molar-refractivity contribution >= 4 is 11.6 Å². The van der Waals surface area contributed by atoms with Crippen molar-refractivity contribution in [3.05, 3.63) is 64.2 Å². The average Bonchev–Trinajstić information content (AvgIpc) is 2.45. The summed E-state index contributed by atoms with van der Waals surface area (Å²) >= 11 is 5.98. The molecule has 1 N–H and O–H groups in total. The van der Waals surface area contributed by atoms with Crippen molar-refractivity contribution in [3.8, 4) is 5.75 Å². The van der Waals surface area contributed by atoms with Crippen molar-refractivity contribution < 1.29 is 9.84 Å². The zero-order valence-corrected chi connectivity index (χ0v) is 12.5. The second-order valence-electron chi connectivity index (χ2n) is 4.94. The first-order chi connectivity index (χ1) is 9.60. The monoisotopic (exact) mass is 290 g/mol. The molecule has 1 atom stereocenters. The second kappa shape index (κ2) is 6.78. The van der Waals surface area contributed by atoms with E-state index in [-0.39, 0.29) is 0 Å². The molecule has 0 spiro atoms. The predicted molar refractivity (Wildman–Crippen MR) is 82.5 cm³/mol. The number of aryl methyl sites for hydroxylation is 2. The minimum Gasteiger partial charge on any atom is -0.495 e. The Kier molecular flexibility index (Phi) is 5.05. The smallest absolute Gasteiger partial charge is 0.137 e. The SMILES string of the molecule is COc1cc(C(O)CCc2cccc(C)c2)ccc1Cl. The number of aliphatic hydroxyl groups excluding tert-OH is 1. The summed E-state index contributed by atoms with van der Waals surface area (Å²) in [5.41, 5.74) is 3.31. The summed E-state index contributed by atoms with van der Waals surface area (Å²) in [5, 5.41) is 10.8. The van der Waals surface area contributed by atoms with E-state index in [4.69, 9.17) is 16.3 Å². The first kappa shape index (κ1) is 14.9. The van der Waals surface area contributed by atoms with Gasteiger partial charge in [0.05, 0.1) is 18.2 Å². The van der Waals surface area contributed by atoms with Gasteiger partial charge in [-0.2, -0.15) is 0 Å². The largest absolute Gasteiger partial charge is 0.495 e. The third-order valence-electron chi connectivity index (χ3n) is 3.35. The van der Waals surface area contributed by atoms with Crippen LogP contribution in [-0.2, 0) is 6.42 Å². The maximum absolute atomic E-state index is 10.3. The first-order valence-corrected chi connectivity index (χ1v) is 7.05. The fourth-order valence-electron chi connectivity index (χ4n) is 2.22. The van der Waals surface area contributed by atoms with E-state index in [2.05, 4.69) is 25.1 Å². The van der Waals surface area contributed by atoms with Crippen molar-refractivity contribution in [3.63, 3.8) is 0 Å². The molecule has 2 nitrogen and oxygen atoms in total. The van der Waals surface area contributed by atoms with Gasteiger partial charge in [0, 0.05) is 0 Å². The van der Waals surface area contributed by atoms with Crippen molar-refractivity contribution in [1.29, 1.82) is 0 Å². The quantitative estimate of drug-likeness (QED) is 0.888. The zero-order chi connectivity index (χ0) is 14.5. The fraction of sp³-hybridized carbons (Fsp3) is 0.294. The molecule has 0 aliphatic heterocycles. The third kappa shape index (κ3) is 3.75. The van der Waals surface area contributed by atoms with Crippen LogP contribution in [0.15, 0.2) is 42.5 Å². The molecule has 0 amide bonds. The highest BCUT2D eigenvalue weighted by Gasteiger charge is 2.10. The minimum absolute atomic E-state index is 0.512. The van der Waals surface area contributed by atoms with Crippen LogP contribution < -0.4 is 4.74 Å². The standard InChI is InChI=1S/C17H19ClO2/c1-12-4-3-5-13(10-12)6-9-16(19)14-7-8-15(18)17(11-14)20-2/h3-5,7-8,10-11,16,19H,6,9H2,1-2H3. The average molecular weight is 291 g/mol. The third-order valence-corrected chi connectivity index (χ3v) is 3.66. The first-order valence-electron chi connectivity index (χ1n) is 6.67. The van der Waals surface area contributed by atoms with Crippen molar-refractivity contribution in [2.45, 2.75) is 25.9 Å². The molecule has 2 rings (SSSR count). The van der Waals surface area contributed by atoms with Gasteiger partial charge >= 0.3 is 0 Å². The molecule has 1 unspecified atom stereocenters. The number of halogens is 1. The highest BCUT2D eigenvalue weighted by atomic mass is 35.5. The Labute approximate surface area is 125 Å². The van der Waals surface area contributed by atoms with Crippen LogP contribution in [0.3, 0.4) is 0 Å². The predicted octanol–water partition coefficient (Wildman–Crippen LogP) is 4.32. The molecule has 0 aliphatic carbocycles. The number of hydrogen-bond acceptors (Lipinski definition) is 2. The Morgan fingerprint density at radius 2 is 2.00 bits per heavy atom.